The summed E-state index contributed by atoms with van der Waals surface area (Å²) in [5.74, 6) is -2.93. The van der Waals surface area contributed by atoms with Gasteiger partial charge in [0.1, 0.15) is 0 Å². The molecule has 0 amide bonds. The molecule has 0 saturated heterocycles. The summed E-state index contributed by atoms with van der Waals surface area (Å²) < 4.78 is 0. The Bertz CT molecular complexity index is 1490. The predicted octanol–water partition coefficient (Wildman–Crippen LogP) is 6.50. The minimum atomic E-state index is -1.21. The Morgan fingerprint density at radius 1 is 0.677 bits per heavy atom. The molecule has 3 nitrogen and oxygen atoms in total. The number of hydrogen-bond acceptors (Lipinski definition) is 2. The monoisotopic (exact) mass is 401 g/mol. The second kappa shape index (κ2) is 7.59. The minimum Gasteiger partial charge on any atom is -0.480 e. The first kappa shape index (κ1) is 18.8. The number of hydrogen-bond donors (Lipinski definition) is 1. The van der Waals surface area contributed by atoms with Gasteiger partial charge in [-0.2, -0.15) is 5.26 Å². The van der Waals surface area contributed by atoms with Crippen LogP contribution in [0, 0.1) is 17.2 Å². The summed E-state index contributed by atoms with van der Waals surface area (Å²) in [5, 5.41) is 26.1. The molecule has 5 rings (SSSR count). The highest BCUT2D eigenvalue weighted by Gasteiger charge is 2.33. The third-order valence-electron chi connectivity index (χ3n) is 6.03. The minimum absolute atomic E-state index is 0.608. The van der Waals surface area contributed by atoms with E-state index < -0.39 is 17.8 Å². The second-order valence-corrected chi connectivity index (χ2v) is 7.72. The van der Waals surface area contributed by atoms with Gasteiger partial charge in [-0.25, -0.2) is 0 Å². The number of nitriles is 1. The van der Waals surface area contributed by atoms with Gasteiger partial charge >= 0.3 is 5.97 Å². The lowest BCUT2D eigenvalue weighted by molar-refractivity contribution is -0.140. The fourth-order valence-electron chi connectivity index (χ4n) is 4.67. The normalized spacial score (nSPS) is 13.1. The molecule has 2 atom stereocenters. The van der Waals surface area contributed by atoms with Crippen molar-refractivity contribution in [1.82, 2.24) is 0 Å². The molecule has 5 aromatic rings. The Hall–Kier alpha value is -4.16. The first-order chi connectivity index (χ1) is 15.2. The number of carbonyl (C=O) groups is 1. The molecule has 0 radical (unpaired) electrons. The molecule has 0 saturated carbocycles. The molecular weight excluding hydrogens is 382 g/mol. The zero-order chi connectivity index (χ0) is 21.4. The van der Waals surface area contributed by atoms with Crippen LogP contribution in [0.1, 0.15) is 17.0 Å². The van der Waals surface area contributed by atoms with Gasteiger partial charge < -0.3 is 5.11 Å². The van der Waals surface area contributed by atoms with Crippen LogP contribution in [0.2, 0.25) is 0 Å². The maximum absolute atomic E-state index is 12.2. The maximum atomic E-state index is 12.2. The van der Waals surface area contributed by atoms with Crippen LogP contribution in [-0.2, 0) is 4.79 Å². The van der Waals surface area contributed by atoms with Gasteiger partial charge in [0.2, 0.25) is 0 Å². The van der Waals surface area contributed by atoms with Gasteiger partial charge in [-0.1, -0.05) is 97.1 Å². The zero-order valence-corrected chi connectivity index (χ0v) is 16.7. The van der Waals surface area contributed by atoms with E-state index in [1.165, 1.54) is 0 Å². The number of nitrogens with zero attached hydrogens (tertiary/aromatic N) is 1. The van der Waals surface area contributed by atoms with E-state index in [0.717, 1.165) is 43.4 Å². The molecule has 0 aromatic heterocycles. The summed E-state index contributed by atoms with van der Waals surface area (Å²) in [6.45, 7) is 0. The highest BCUT2D eigenvalue weighted by Crippen LogP contribution is 2.41. The van der Waals surface area contributed by atoms with Gasteiger partial charge in [0, 0.05) is 5.92 Å². The van der Waals surface area contributed by atoms with E-state index >= 15 is 0 Å². The van der Waals surface area contributed by atoms with Gasteiger partial charge in [0.05, 0.1) is 6.07 Å². The quantitative estimate of drug-likeness (QED) is 0.350. The third-order valence-corrected chi connectivity index (χ3v) is 6.03. The summed E-state index contributed by atoms with van der Waals surface area (Å²) >= 11 is 0. The van der Waals surface area contributed by atoms with Gasteiger partial charge in [-0.15, -0.1) is 0 Å². The van der Waals surface area contributed by atoms with Gasteiger partial charge in [-0.3, -0.25) is 4.79 Å². The van der Waals surface area contributed by atoms with Crippen molar-refractivity contribution < 1.29 is 9.90 Å². The molecule has 1 N–H and O–H groups in total. The van der Waals surface area contributed by atoms with Crippen molar-refractivity contribution in [3.63, 3.8) is 0 Å². The zero-order valence-electron chi connectivity index (χ0n) is 16.7. The Morgan fingerprint density at radius 3 is 1.94 bits per heavy atom. The molecule has 0 aliphatic carbocycles. The van der Waals surface area contributed by atoms with Crippen LogP contribution < -0.4 is 0 Å². The first-order valence-corrected chi connectivity index (χ1v) is 10.2. The van der Waals surface area contributed by atoms with Crippen molar-refractivity contribution in [2.45, 2.75) is 5.92 Å². The number of rotatable bonds is 4. The Labute approximate surface area is 179 Å². The molecule has 0 aliphatic rings. The van der Waals surface area contributed by atoms with Crippen molar-refractivity contribution in [1.29, 1.82) is 5.26 Å². The molecule has 0 aliphatic heterocycles. The molecule has 0 fully saturated rings. The molecule has 3 heteroatoms. The fourth-order valence-corrected chi connectivity index (χ4v) is 4.67. The number of carboxylic acid groups (broad SMARTS) is 1. The standard InChI is InChI=1S/C28H19NO2/c29-17-25(28(30)31)27(23-13-5-9-18-7-1-3-11-21(18)23)24-14-6-10-20-16-15-19-8-2-4-12-22(19)26(20)24/h1-16,25,27H,(H,30,31)/t25-,27+/m0/s1. The summed E-state index contributed by atoms with van der Waals surface area (Å²) in [4.78, 5) is 12.2. The molecule has 148 valence electrons. The SMILES string of the molecule is N#C[C@H](C(=O)O)[C@H](c1cccc2ccccc12)c1cccc2ccc3ccccc3c12. The van der Waals surface area contributed by atoms with Gasteiger partial charge in [0.15, 0.2) is 5.92 Å². The Kier molecular flexibility index (Phi) is 4.61. The van der Waals surface area contributed by atoms with Gasteiger partial charge in [-0.05, 0) is 43.4 Å². The summed E-state index contributed by atoms with van der Waals surface area (Å²) in [7, 11) is 0. The highest BCUT2D eigenvalue weighted by atomic mass is 16.4. The predicted molar refractivity (Wildman–Crippen MR) is 124 cm³/mol. The van der Waals surface area contributed by atoms with Crippen LogP contribution in [0.15, 0.2) is 97.1 Å². The topological polar surface area (TPSA) is 61.1 Å². The molecule has 0 heterocycles. The lowest BCUT2D eigenvalue weighted by Gasteiger charge is -2.24. The smallest absolute Gasteiger partial charge is 0.321 e. The molecule has 0 bridgehead atoms. The number of fused-ring (bicyclic) bond motifs is 4. The third kappa shape index (κ3) is 3.10. The first-order valence-electron chi connectivity index (χ1n) is 10.2. The number of aliphatic carboxylic acids is 1. The number of benzene rings is 5. The van der Waals surface area contributed by atoms with E-state index in [1.807, 2.05) is 72.8 Å². The molecule has 0 spiro atoms. The maximum Gasteiger partial charge on any atom is 0.321 e. The molecule has 0 unspecified atom stereocenters. The van der Waals surface area contributed by atoms with E-state index in [4.69, 9.17) is 0 Å². The average Bonchev–Trinajstić information content (AvgIpc) is 2.81. The van der Waals surface area contributed by atoms with E-state index in [2.05, 4.69) is 30.3 Å². The average molecular weight is 401 g/mol. The van der Waals surface area contributed by atoms with Crippen LogP contribution in [0.5, 0.6) is 0 Å². The summed E-state index contributed by atoms with van der Waals surface area (Å²) in [6, 6.07) is 34.1. The van der Waals surface area contributed by atoms with Crippen LogP contribution in [0.3, 0.4) is 0 Å². The van der Waals surface area contributed by atoms with Crippen LogP contribution in [-0.4, -0.2) is 11.1 Å². The number of carboxylic acids is 1. The summed E-state index contributed by atoms with van der Waals surface area (Å²) in [6.07, 6.45) is 0. The van der Waals surface area contributed by atoms with Gasteiger partial charge in [0.25, 0.3) is 0 Å². The van der Waals surface area contributed by atoms with Crippen molar-refractivity contribution in [3.8, 4) is 6.07 Å². The molecular formula is C28H19NO2. The molecule has 5 aromatic carbocycles. The Balaban J connectivity index is 1.91. The van der Waals surface area contributed by atoms with Crippen molar-refractivity contribution in [2.75, 3.05) is 0 Å². The molecule has 31 heavy (non-hydrogen) atoms. The van der Waals surface area contributed by atoms with E-state index in [9.17, 15) is 15.2 Å². The fraction of sp³-hybridized carbons (Fsp3) is 0.0714. The Morgan fingerprint density at radius 2 is 1.23 bits per heavy atom. The van der Waals surface area contributed by atoms with Crippen LogP contribution >= 0.6 is 0 Å². The highest BCUT2D eigenvalue weighted by molar-refractivity contribution is 6.10. The van der Waals surface area contributed by atoms with Crippen molar-refractivity contribution in [3.05, 3.63) is 108 Å². The van der Waals surface area contributed by atoms with Crippen molar-refractivity contribution in [2.24, 2.45) is 5.92 Å². The van der Waals surface area contributed by atoms with Crippen LogP contribution in [0.4, 0.5) is 0 Å². The summed E-state index contributed by atoms with van der Waals surface area (Å²) in [5.41, 5.74) is 1.71. The van der Waals surface area contributed by atoms with E-state index in [1.54, 1.807) is 0 Å². The second-order valence-electron chi connectivity index (χ2n) is 7.72. The lowest BCUT2D eigenvalue weighted by atomic mass is 9.77. The lowest BCUT2D eigenvalue weighted by Crippen LogP contribution is -2.22. The largest absolute Gasteiger partial charge is 0.480 e. The van der Waals surface area contributed by atoms with E-state index in [-0.39, 0.29) is 0 Å². The van der Waals surface area contributed by atoms with Crippen molar-refractivity contribution >= 4 is 38.3 Å². The van der Waals surface area contributed by atoms with Crippen LogP contribution in [0.25, 0.3) is 32.3 Å². The van der Waals surface area contributed by atoms with E-state index in [0.29, 0.717) is 0 Å².